The molecule has 1 heterocycles. The predicted molar refractivity (Wildman–Crippen MR) is 56.8 cm³/mol. The summed E-state index contributed by atoms with van der Waals surface area (Å²) in [6.07, 6.45) is -4.33. The first-order valence-electron chi connectivity index (χ1n) is 5.48. The number of carbonyl (C=O) groups excluding carboxylic acids is 1. The van der Waals surface area contributed by atoms with Crippen LogP contribution in [0.4, 0.5) is 18.9 Å². The summed E-state index contributed by atoms with van der Waals surface area (Å²) < 4.78 is 37.0. The molecule has 1 fully saturated rings. The van der Waals surface area contributed by atoms with E-state index in [9.17, 15) is 23.1 Å². The van der Waals surface area contributed by atoms with E-state index in [-0.39, 0.29) is 31.2 Å². The van der Waals surface area contributed by atoms with Crippen LogP contribution >= 0.6 is 0 Å². The van der Waals surface area contributed by atoms with Crippen molar-refractivity contribution in [3.8, 4) is 0 Å². The topological polar surface area (TPSA) is 43.4 Å². The molecule has 2 rings (SSSR count). The zero-order valence-electron chi connectivity index (χ0n) is 10.4. The maximum atomic E-state index is 12.3. The smallest absolute Gasteiger partial charge is 0.550 e. The minimum atomic E-state index is -4.33. The Kier molecular flexibility index (Phi) is 4.94. The van der Waals surface area contributed by atoms with Crippen molar-refractivity contribution in [2.24, 2.45) is 5.92 Å². The second-order valence-corrected chi connectivity index (χ2v) is 4.39. The van der Waals surface area contributed by atoms with Gasteiger partial charge in [0.15, 0.2) is 0 Å². The Balaban J connectivity index is 0.00000180. The van der Waals surface area contributed by atoms with Gasteiger partial charge in [-0.15, -0.1) is 0 Å². The van der Waals surface area contributed by atoms with E-state index >= 15 is 0 Å². The van der Waals surface area contributed by atoms with Crippen LogP contribution in [0.15, 0.2) is 24.3 Å². The van der Waals surface area contributed by atoms with Gasteiger partial charge in [-0.1, -0.05) is 0 Å². The van der Waals surface area contributed by atoms with Crippen molar-refractivity contribution < 1.29 is 41.9 Å². The first-order valence-corrected chi connectivity index (χ1v) is 5.48. The van der Waals surface area contributed by atoms with E-state index in [2.05, 4.69) is 0 Å². The molecule has 0 amide bonds. The van der Waals surface area contributed by atoms with Crippen LogP contribution < -0.4 is 28.9 Å². The Labute approximate surface area is 120 Å². The summed E-state index contributed by atoms with van der Waals surface area (Å²) in [5.41, 5.74) is -0.00402. The summed E-state index contributed by atoms with van der Waals surface area (Å²) in [5.74, 6) is -1.07. The zero-order valence-corrected chi connectivity index (χ0v) is 10.4. The molecule has 0 bridgehead atoms. The molecule has 0 spiro atoms. The third-order valence-electron chi connectivity index (χ3n) is 2.97. The molecule has 1 aliphatic rings. The van der Waals surface area contributed by atoms with E-state index in [0.29, 0.717) is 18.8 Å². The summed E-state index contributed by atoms with van der Waals surface area (Å²) in [7, 11) is 0. The molecule has 7 heteroatoms. The normalized spacial score (nSPS) is 15.6. The number of anilines is 1. The fourth-order valence-corrected chi connectivity index (χ4v) is 2.01. The number of alkyl halides is 3. The summed E-state index contributed by atoms with van der Waals surface area (Å²) in [4.78, 5) is 12.2. The van der Waals surface area contributed by atoms with Gasteiger partial charge in [-0.25, -0.2) is 0 Å². The predicted octanol–water partition coefficient (Wildman–Crippen LogP) is -1.71. The minimum Gasteiger partial charge on any atom is -0.550 e. The minimum absolute atomic E-state index is 0. The van der Waals surface area contributed by atoms with E-state index in [1.165, 1.54) is 12.1 Å². The van der Waals surface area contributed by atoms with Crippen LogP contribution in [0.25, 0.3) is 0 Å². The molecule has 0 atom stereocenters. The molecule has 0 aliphatic carbocycles. The largest absolute Gasteiger partial charge is 1.00 e. The molecule has 1 aromatic carbocycles. The van der Waals surface area contributed by atoms with Crippen LogP contribution in [0, 0.1) is 5.92 Å². The molecule has 0 radical (unpaired) electrons. The maximum Gasteiger partial charge on any atom is 1.00 e. The van der Waals surface area contributed by atoms with Crippen molar-refractivity contribution in [1.29, 1.82) is 0 Å². The van der Waals surface area contributed by atoms with Gasteiger partial charge in [-0.05, 0) is 36.6 Å². The average Bonchev–Trinajstić information content (AvgIpc) is 2.21. The van der Waals surface area contributed by atoms with Gasteiger partial charge in [-0.3, -0.25) is 0 Å². The van der Waals surface area contributed by atoms with Gasteiger partial charge in [0.25, 0.3) is 0 Å². The molecule has 19 heavy (non-hydrogen) atoms. The van der Waals surface area contributed by atoms with E-state index in [1.807, 2.05) is 4.90 Å². The molecule has 0 unspecified atom stereocenters. The van der Waals surface area contributed by atoms with Crippen molar-refractivity contribution in [1.82, 2.24) is 0 Å². The van der Waals surface area contributed by atoms with Crippen molar-refractivity contribution in [3.05, 3.63) is 29.8 Å². The third-order valence-corrected chi connectivity index (χ3v) is 2.97. The van der Waals surface area contributed by atoms with Gasteiger partial charge in [0, 0.05) is 24.7 Å². The van der Waals surface area contributed by atoms with Crippen molar-refractivity contribution in [2.75, 3.05) is 18.0 Å². The summed E-state index contributed by atoms with van der Waals surface area (Å²) in [5, 5.41) is 10.3. The maximum absolute atomic E-state index is 12.3. The molecular formula is C12H11F3LiNO2. The van der Waals surface area contributed by atoms with Crippen molar-refractivity contribution in [3.63, 3.8) is 0 Å². The van der Waals surface area contributed by atoms with Crippen molar-refractivity contribution >= 4 is 11.7 Å². The monoisotopic (exact) mass is 265 g/mol. The fourth-order valence-electron chi connectivity index (χ4n) is 2.01. The van der Waals surface area contributed by atoms with Gasteiger partial charge >= 0.3 is 25.0 Å². The number of aliphatic carboxylic acids is 1. The van der Waals surface area contributed by atoms with E-state index in [0.717, 1.165) is 12.1 Å². The zero-order chi connectivity index (χ0) is 13.3. The molecule has 0 aromatic heterocycles. The molecule has 0 saturated carbocycles. The van der Waals surface area contributed by atoms with Gasteiger partial charge in [0.1, 0.15) is 0 Å². The molecule has 3 nitrogen and oxygen atoms in total. The van der Waals surface area contributed by atoms with Crippen LogP contribution in [0.2, 0.25) is 0 Å². The Bertz CT molecular complexity index is 441. The molecule has 1 aliphatic heterocycles. The van der Waals surface area contributed by atoms with Crippen LogP contribution in [0.5, 0.6) is 0 Å². The van der Waals surface area contributed by atoms with Gasteiger partial charge in [0.2, 0.25) is 0 Å². The number of hydrogen-bond acceptors (Lipinski definition) is 3. The number of halogens is 3. The number of carbonyl (C=O) groups is 1. The number of rotatable bonds is 3. The first-order chi connectivity index (χ1) is 8.36. The van der Waals surface area contributed by atoms with E-state index in [1.54, 1.807) is 0 Å². The number of hydrogen-bond donors (Lipinski definition) is 0. The second-order valence-electron chi connectivity index (χ2n) is 4.39. The van der Waals surface area contributed by atoms with E-state index < -0.39 is 17.7 Å². The number of carboxylic acid groups (broad SMARTS) is 1. The third kappa shape index (κ3) is 3.92. The Morgan fingerprint density at radius 1 is 1.26 bits per heavy atom. The standard InChI is InChI=1S/C12H12F3NO2.Li/c13-12(14,15)9-1-3-10(4-2-9)16-6-8(7-16)5-11(17)18;/h1-4,8H,5-7H2,(H,17,18);/q;+1/p-1. The van der Waals surface area contributed by atoms with Crippen molar-refractivity contribution in [2.45, 2.75) is 12.6 Å². The van der Waals surface area contributed by atoms with Gasteiger partial charge in [0.05, 0.1) is 5.56 Å². The Hall–Kier alpha value is -1.12. The molecule has 1 aromatic rings. The molecule has 0 N–H and O–H groups in total. The number of carboxylic acids is 1. The summed E-state index contributed by atoms with van der Waals surface area (Å²) in [6, 6.07) is 4.86. The Morgan fingerprint density at radius 3 is 2.21 bits per heavy atom. The number of nitrogens with zero attached hydrogens (tertiary/aromatic N) is 1. The quantitative estimate of drug-likeness (QED) is 0.611. The number of benzene rings is 1. The van der Waals surface area contributed by atoms with Gasteiger partial charge < -0.3 is 14.8 Å². The summed E-state index contributed by atoms with van der Waals surface area (Å²) >= 11 is 0. The SMILES string of the molecule is O=C([O-])CC1CN(c2ccc(C(F)(F)F)cc2)C1.[Li+]. The Morgan fingerprint density at radius 2 is 1.79 bits per heavy atom. The van der Waals surface area contributed by atoms with Crippen LogP contribution in [0.3, 0.4) is 0 Å². The van der Waals surface area contributed by atoms with E-state index in [4.69, 9.17) is 0 Å². The van der Waals surface area contributed by atoms with Crippen LogP contribution in [-0.4, -0.2) is 19.1 Å². The van der Waals surface area contributed by atoms with Crippen LogP contribution in [0.1, 0.15) is 12.0 Å². The van der Waals surface area contributed by atoms with Gasteiger partial charge in [-0.2, -0.15) is 13.2 Å². The first kappa shape index (κ1) is 15.9. The molecule has 1 saturated heterocycles. The second kappa shape index (κ2) is 5.89. The molecular weight excluding hydrogens is 254 g/mol. The average molecular weight is 265 g/mol. The molecule has 98 valence electrons. The fraction of sp³-hybridized carbons (Fsp3) is 0.417. The van der Waals surface area contributed by atoms with Crippen LogP contribution in [-0.2, 0) is 11.0 Å². The summed E-state index contributed by atoms with van der Waals surface area (Å²) in [6.45, 7) is 1.08.